The molecule has 3 rings (SSSR count). The molecule has 0 saturated carbocycles. The number of morpholine rings is 2. The molecule has 146 valence electrons. The highest BCUT2D eigenvalue weighted by molar-refractivity contribution is 7.89. The second kappa shape index (κ2) is 7.66. The van der Waals surface area contributed by atoms with Gasteiger partial charge < -0.3 is 19.3 Å². The number of ether oxygens (including phenoxy) is 2. The van der Waals surface area contributed by atoms with Crippen LogP contribution in [0.25, 0.3) is 0 Å². The van der Waals surface area contributed by atoms with Crippen molar-refractivity contribution in [2.24, 2.45) is 0 Å². The average Bonchev–Trinajstić information content (AvgIpc) is 2.52. The predicted molar refractivity (Wildman–Crippen MR) is 100 cm³/mol. The molecule has 9 heteroatoms. The Bertz CT molecular complexity index is 732. The Balaban J connectivity index is 1.97. The van der Waals surface area contributed by atoms with Crippen LogP contribution in [0.1, 0.15) is 26.5 Å². The highest BCUT2D eigenvalue weighted by Crippen LogP contribution is 2.24. The van der Waals surface area contributed by atoms with Crippen LogP contribution in [0.5, 0.6) is 0 Å². The molecule has 0 amide bonds. The quantitative estimate of drug-likeness (QED) is 0.756. The number of sulfone groups is 1. The van der Waals surface area contributed by atoms with Crippen molar-refractivity contribution < 1.29 is 17.9 Å². The van der Waals surface area contributed by atoms with Crippen molar-refractivity contribution in [1.82, 2.24) is 9.97 Å². The van der Waals surface area contributed by atoms with Crippen LogP contribution in [0.4, 0.5) is 11.8 Å². The van der Waals surface area contributed by atoms with Crippen LogP contribution in [-0.2, 0) is 25.1 Å². The maximum atomic E-state index is 11.8. The number of aromatic nitrogens is 2. The molecule has 0 N–H and O–H groups in total. The lowest BCUT2D eigenvalue weighted by Crippen LogP contribution is -2.47. The molecule has 8 nitrogen and oxygen atoms in total. The SMILES string of the molecule is C[C@@H]1CN(c2nc(CS(C)(=O)=O)cc(N3CCOC[C@@H]3C)n2)C[C@H](C)O1. The molecule has 2 fully saturated rings. The molecular weight excluding hydrogens is 356 g/mol. The van der Waals surface area contributed by atoms with Crippen molar-refractivity contribution in [3.63, 3.8) is 0 Å². The topological polar surface area (TPSA) is 84.9 Å². The normalized spacial score (nSPS) is 27.6. The number of hydrogen-bond donors (Lipinski definition) is 0. The molecule has 0 aliphatic carbocycles. The van der Waals surface area contributed by atoms with Gasteiger partial charge in [0.2, 0.25) is 5.95 Å². The molecule has 3 heterocycles. The lowest BCUT2D eigenvalue weighted by atomic mass is 10.2. The summed E-state index contributed by atoms with van der Waals surface area (Å²) in [6.07, 6.45) is 1.38. The number of hydrogen-bond acceptors (Lipinski definition) is 8. The molecule has 1 aromatic rings. The lowest BCUT2D eigenvalue weighted by molar-refractivity contribution is -0.00573. The summed E-state index contributed by atoms with van der Waals surface area (Å²) in [5.41, 5.74) is 0.526. The zero-order chi connectivity index (χ0) is 18.9. The van der Waals surface area contributed by atoms with Crippen molar-refractivity contribution in [3.05, 3.63) is 11.8 Å². The summed E-state index contributed by atoms with van der Waals surface area (Å²) in [5, 5.41) is 0. The molecule has 0 aromatic carbocycles. The molecular formula is C17H28N4O4S. The molecule has 1 aromatic heterocycles. The Labute approximate surface area is 155 Å². The summed E-state index contributed by atoms with van der Waals surface area (Å²) in [4.78, 5) is 13.6. The molecule has 2 aliphatic rings. The average molecular weight is 385 g/mol. The minimum absolute atomic E-state index is 0.0756. The van der Waals surface area contributed by atoms with E-state index < -0.39 is 9.84 Å². The second-order valence-electron chi connectivity index (χ2n) is 7.37. The van der Waals surface area contributed by atoms with Crippen molar-refractivity contribution in [2.45, 2.75) is 44.8 Å². The van der Waals surface area contributed by atoms with Gasteiger partial charge in [-0.25, -0.2) is 13.4 Å². The summed E-state index contributed by atoms with van der Waals surface area (Å²) < 4.78 is 34.9. The van der Waals surface area contributed by atoms with E-state index in [-0.39, 0.29) is 24.0 Å². The Morgan fingerprint density at radius 3 is 2.50 bits per heavy atom. The van der Waals surface area contributed by atoms with E-state index in [0.29, 0.717) is 37.9 Å². The van der Waals surface area contributed by atoms with Crippen molar-refractivity contribution in [1.29, 1.82) is 0 Å². The Morgan fingerprint density at radius 1 is 1.19 bits per heavy atom. The third-order valence-corrected chi connectivity index (χ3v) is 5.35. The van der Waals surface area contributed by atoms with Gasteiger partial charge in [-0.05, 0) is 20.8 Å². The zero-order valence-electron chi connectivity index (χ0n) is 15.9. The zero-order valence-corrected chi connectivity index (χ0v) is 16.7. The van der Waals surface area contributed by atoms with E-state index in [4.69, 9.17) is 14.5 Å². The molecule has 0 radical (unpaired) electrons. The standard InChI is InChI=1S/C17H28N4O4S/c1-12-10-24-6-5-21(12)16-7-15(11-26(4,22)23)18-17(19-16)20-8-13(2)25-14(3)9-20/h7,12-14H,5-6,8-11H2,1-4H3/t12-,13-,14+/m0/s1. The van der Waals surface area contributed by atoms with Crippen LogP contribution in [0.2, 0.25) is 0 Å². The summed E-state index contributed by atoms with van der Waals surface area (Å²) in [7, 11) is -3.18. The van der Waals surface area contributed by atoms with Crippen LogP contribution in [-0.4, -0.2) is 75.7 Å². The first-order valence-electron chi connectivity index (χ1n) is 9.02. The van der Waals surface area contributed by atoms with Crippen molar-refractivity contribution in [2.75, 3.05) is 48.9 Å². The van der Waals surface area contributed by atoms with Gasteiger partial charge >= 0.3 is 0 Å². The second-order valence-corrected chi connectivity index (χ2v) is 9.51. The van der Waals surface area contributed by atoms with Gasteiger partial charge in [0.1, 0.15) is 5.82 Å². The Morgan fingerprint density at radius 2 is 1.88 bits per heavy atom. The monoisotopic (exact) mass is 384 g/mol. The van der Waals surface area contributed by atoms with Gasteiger partial charge in [0.25, 0.3) is 0 Å². The highest BCUT2D eigenvalue weighted by atomic mass is 32.2. The summed E-state index contributed by atoms with van der Waals surface area (Å²) in [6.45, 7) is 9.49. The highest BCUT2D eigenvalue weighted by Gasteiger charge is 2.27. The maximum Gasteiger partial charge on any atom is 0.227 e. The van der Waals surface area contributed by atoms with E-state index in [1.807, 2.05) is 13.8 Å². The maximum absolute atomic E-state index is 11.8. The molecule has 26 heavy (non-hydrogen) atoms. The Kier molecular flexibility index (Phi) is 5.69. The van der Waals surface area contributed by atoms with E-state index in [2.05, 4.69) is 21.7 Å². The molecule has 3 atom stereocenters. The molecule has 2 saturated heterocycles. The predicted octanol–water partition coefficient (Wildman–Crippen LogP) is 0.860. The molecule has 2 aliphatic heterocycles. The largest absolute Gasteiger partial charge is 0.377 e. The van der Waals surface area contributed by atoms with Gasteiger partial charge in [0.05, 0.1) is 42.9 Å². The van der Waals surface area contributed by atoms with Gasteiger partial charge in [0.15, 0.2) is 9.84 Å². The van der Waals surface area contributed by atoms with Gasteiger partial charge in [0, 0.05) is 32.0 Å². The van der Waals surface area contributed by atoms with Gasteiger partial charge in [-0.3, -0.25) is 0 Å². The van der Waals surface area contributed by atoms with E-state index in [1.54, 1.807) is 6.07 Å². The fraction of sp³-hybridized carbons (Fsp3) is 0.765. The van der Waals surface area contributed by atoms with Crippen LogP contribution < -0.4 is 9.80 Å². The minimum atomic E-state index is -3.18. The van der Waals surface area contributed by atoms with Crippen molar-refractivity contribution in [3.8, 4) is 0 Å². The summed E-state index contributed by atoms with van der Waals surface area (Å²) in [5.74, 6) is 1.24. The fourth-order valence-electron chi connectivity index (χ4n) is 3.51. The van der Waals surface area contributed by atoms with Gasteiger partial charge in [-0.2, -0.15) is 4.98 Å². The number of rotatable bonds is 4. The smallest absolute Gasteiger partial charge is 0.227 e. The summed E-state index contributed by atoms with van der Waals surface area (Å²) in [6, 6.07) is 1.97. The third kappa shape index (κ3) is 4.83. The van der Waals surface area contributed by atoms with Gasteiger partial charge in [-0.1, -0.05) is 0 Å². The minimum Gasteiger partial charge on any atom is -0.377 e. The van der Waals surface area contributed by atoms with Gasteiger partial charge in [-0.15, -0.1) is 0 Å². The van der Waals surface area contributed by atoms with Crippen LogP contribution >= 0.6 is 0 Å². The van der Waals surface area contributed by atoms with Crippen LogP contribution in [0.15, 0.2) is 6.07 Å². The van der Waals surface area contributed by atoms with Crippen LogP contribution in [0.3, 0.4) is 0 Å². The third-order valence-electron chi connectivity index (χ3n) is 4.53. The molecule has 0 unspecified atom stereocenters. The van der Waals surface area contributed by atoms with E-state index in [0.717, 1.165) is 12.4 Å². The van der Waals surface area contributed by atoms with Crippen LogP contribution in [0, 0.1) is 0 Å². The first-order valence-corrected chi connectivity index (χ1v) is 11.1. The molecule has 0 spiro atoms. The Hall–Kier alpha value is -1.45. The van der Waals surface area contributed by atoms with E-state index >= 15 is 0 Å². The van der Waals surface area contributed by atoms with E-state index in [1.165, 1.54) is 6.26 Å². The molecule has 0 bridgehead atoms. The van der Waals surface area contributed by atoms with E-state index in [9.17, 15) is 8.42 Å². The number of nitrogens with zero attached hydrogens (tertiary/aromatic N) is 4. The number of anilines is 2. The fourth-order valence-corrected chi connectivity index (χ4v) is 4.19. The first-order chi connectivity index (χ1) is 12.2. The summed E-state index contributed by atoms with van der Waals surface area (Å²) >= 11 is 0. The van der Waals surface area contributed by atoms with Crippen molar-refractivity contribution >= 4 is 21.6 Å². The first kappa shape index (κ1) is 19.3. The lowest BCUT2D eigenvalue weighted by Gasteiger charge is -2.37.